The van der Waals surface area contributed by atoms with Gasteiger partial charge in [0.25, 0.3) is 0 Å². The highest BCUT2D eigenvalue weighted by Gasteiger charge is 2.25. The second-order valence-electron chi connectivity index (χ2n) is 4.38. The number of nitrogens with zero attached hydrogens (tertiary/aromatic N) is 3. The number of aryl methyl sites for hydroxylation is 1. The maximum Gasteiger partial charge on any atom is 0.194 e. The van der Waals surface area contributed by atoms with E-state index in [4.69, 9.17) is 0 Å². The summed E-state index contributed by atoms with van der Waals surface area (Å²) in [4.78, 5) is 12.8. The summed E-state index contributed by atoms with van der Waals surface area (Å²) in [6, 6.07) is 3.53. The molecule has 0 fully saturated rings. The van der Waals surface area contributed by atoms with Gasteiger partial charge in [0.05, 0.1) is 17.1 Å². The highest BCUT2D eigenvalue weighted by Crippen LogP contribution is 2.37. The predicted molar refractivity (Wildman–Crippen MR) is 89.1 cm³/mol. The lowest BCUT2D eigenvalue weighted by Crippen LogP contribution is -2.10. The van der Waals surface area contributed by atoms with Crippen LogP contribution in [0.4, 0.5) is 10.1 Å². The molecule has 0 aliphatic carbocycles. The van der Waals surface area contributed by atoms with Crippen LogP contribution in [0.5, 0.6) is 0 Å². The number of aromatic nitrogens is 3. The molecule has 0 amide bonds. The molecule has 0 saturated heterocycles. The first-order chi connectivity index (χ1) is 9.47. The SMILES string of the molecule is C=IC(C)(F)c1ccc(NC)c(-c2cnc(C)nc2)n1. The van der Waals surface area contributed by atoms with Gasteiger partial charge in [-0.15, -0.1) is 0 Å². The van der Waals surface area contributed by atoms with Crippen LogP contribution in [0, 0.1) is 6.92 Å². The van der Waals surface area contributed by atoms with E-state index in [0.717, 1.165) is 11.3 Å². The molecule has 20 heavy (non-hydrogen) atoms. The molecule has 0 bridgehead atoms. The highest BCUT2D eigenvalue weighted by molar-refractivity contribution is 14.2. The zero-order valence-corrected chi connectivity index (χ0v) is 13.8. The molecule has 4 nitrogen and oxygen atoms in total. The van der Waals surface area contributed by atoms with E-state index in [2.05, 4.69) is 24.8 Å². The van der Waals surface area contributed by atoms with Crippen LogP contribution < -0.4 is 5.32 Å². The fraction of sp³-hybridized carbons (Fsp3) is 0.286. The Hall–Kier alpha value is -1.44. The maximum atomic E-state index is 14.4. The number of anilines is 1. The van der Waals surface area contributed by atoms with Gasteiger partial charge in [-0.1, -0.05) is 25.2 Å². The molecule has 0 spiro atoms. The van der Waals surface area contributed by atoms with Crippen LogP contribution >= 0.6 is 20.7 Å². The van der Waals surface area contributed by atoms with Gasteiger partial charge in [-0.25, -0.2) is 19.3 Å². The normalized spacial score (nSPS) is 13.8. The Morgan fingerprint density at radius 3 is 2.50 bits per heavy atom. The zero-order valence-electron chi connectivity index (χ0n) is 11.6. The smallest absolute Gasteiger partial charge is 0.194 e. The molecule has 1 N–H and O–H groups in total. The van der Waals surface area contributed by atoms with E-state index < -0.39 is 24.4 Å². The first-order valence-electron chi connectivity index (χ1n) is 6.04. The Labute approximate surface area is 127 Å². The van der Waals surface area contributed by atoms with Crippen molar-refractivity contribution in [3.63, 3.8) is 0 Å². The van der Waals surface area contributed by atoms with Crippen LogP contribution in [0.15, 0.2) is 24.5 Å². The summed E-state index contributed by atoms with van der Waals surface area (Å²) >= 11 is -0.851. The van der Waals surface area contributed by atoms with E-state index in [0.29, 0.717) is 17.2 Å². The molecule has 1 atom stereocenters. The van der Waals surface area contributed by atoms with Crippen molar-refractivity contribution >= 4 is 30.9 Å². The van der Waals surface area contributed by atoms with E-state index in [1.807, 2.05) is 13.0 Å². The lowest BCUT2D eigenvalue weighted by molar-refractivity contribution is 0.341. The van der Waals surface area contributed by atoms with Gasteiger partial charge in [0.1, 0.15) is 5.82 Å². The van der Waals surface area contributed by atoms with E-state index in [1.165, 1.54) is 6.92 Å². The van der Waals surface area contributed by atoms with Crippen molar-refractivity contribution in [3.8, 4) is 11.3 Å². The van der Waals surface area contributed by atoms with Gasteiger partial charge >= 0.3 is 0 Å². The zero-order chi connectivity index (χ0) is 14.8. The molecule has 0 aliphatic rings. The van der Waals surface area contributed by atoms with Crippen molar-refractivity contribution in [1.29, 1.82) is 0 Å². The van der Waals surface area contributed by atoms with Crippen molar-refractivity contribution in [2.75, 3.05) is 12.4 Å². The minimum Gasteiger partial charge on any atom is -0.386 e. The van der Waals surface area contributed by atoms with E-state index in [1.54, 1.807) is 25.5 Å². The summed E-state index contributed by atoms with van der Waals surface area (Å²) in [6.07, 6.45) is 3.40. The number of hydrogen-bond acceptors (Lipinski definition) is 4. The second kappa shape index (κ2) is 5.90. The van der Waals surface area contributed by atoms with Crippen molar-refractivity contribution < 1.29 is 4.39 Å². The highest BCUT2D eigenvalue weighted by atomic mass is 127. The quantitative estimate of drug-likeness (QED) is 0.646. The average Bonchev–Trinajstić information content (AvgIpc) is 2.47. The topological polar surface area (TPSA) is 50.7 Å². The average molecular weight is 386 g/mol. The maximum absolute atomic E-state index is 14.4. The molecule has 2 rings (SSSR count). The Kier molecular flexibility index (Phi) is 4.42. The van der Waals surface area contributed by atoms with Crippen LogP contribution in [0.1, 0.15) is 18.4 Å². The third-order valence-corrected chi connectivity index (χ3v) is 4.90. The molecule has 2 aromatic rings. The first-order valence-corrected chi connectivity index (χ1v) is 8.65. The lowest BCUT2D eigenvalue weighted by Gasteiger charge is -2.17. The number of nitrogens with one attached hydrogen (secondary N) is 1. The second-order valence-corrected chi connectivity index (χ2v) is 7.17. The van der Waals surface area contributed by atoms with Crippen LogP contribution in [-0.4, -0.2) is 26.5 Å². The summed E-state index contributed by atoms with van der Waals surface area (Å²) in [6.45, 7) is 3.35. The number of alkyl halides is 2. The fourth-order valence-electron chi connectivity index (χ4n) is 1.71. The van der Waals surface area contributed by atoms with Gasteiger partial charge in [0.15, 0.2) is 3.68 Å². The van der Waals surface area contributed by atoms with E-state index >= 15 is 0 Å². The number of halogens is 2. The lowest BCUT2D eigenvalue weighted by atomic mass is 10.1. The fourth-order valence-corrected chi connectivity index (χ4v) is 2.40. The molecular formula is C14H16FIN4. The van der Waals surface area contributed by atoms with Crippen LogP contribution in [0.3, 0.4) is 0 Å². The van der Waals surface area contributed by atoms with Gasteiger partial charge in [-0.3, -0.25) is 0 Å². The van der Waals surface area contributed by atoms with Crippen LogP contribution in [-0.2, 0) is 3.68 Å². The van der Waals surface area contributed by atoms with Crippen molar-refractivity contribution in [2.45, 2.75) is 17.5 Å². The Balaban J connectivity index is 2.58. The molecule has 106 valence electrons. The van der Waals surface area contributed by atoms with Crippen LogP contribution in [0.25, 0.3) is 11.3 Å². The summed E-state index contributed by atoms with van der Waals surface area (Å²) < 4.78 is 16.7. The third kappa shape index (κ3) is 3.00. The number of hydrogen-bond donors (Lipinski definition) is 1. The molecule has 0 aromatic carbocycles. The van der Waals surface area contributed by atoms with Gasteiger partial charge in [0, 0.05) is 25.0 Å². The summed E-state index contributed by atoms with van der Waals surface area (Å²) in [5, 5.41) is 3.06. The number of pyridine rings is 1. The summed E-state index contributed by atoms with van der Waals surface area (Å²) in [7, 11) is 1.80. The first kappa shape index (κ1) is 15.0. The van der Waals surface area contributed by atoms with Crippen molar-refractivity contribution in [1.82, 2.24) is 15.0 Å². The Bertz CT molecular complexity index is 626. The van der Waals surface area contributed by atoms with Crippen molar-refractivity contribution in [2.24, 2.45) is 0 Å². The van der Waals surface area contributed by atoms with Crippen molar-refractivity contribution in [3.05, 3.63) is 36.0 Å². The molecule has 0 saturated carbocycles. The van der Waals surface area contributed by atoms with Gasteiger partial charge in [-0.05, 0) is 26.0 Å². The van der Waals surface area contributed by atoms with E-state index in [-0.39, 0.29) is 0 Å². The molecule has 1 unspecified atom stereocenters. The molecule has 0 radical (unpaired) electrons. The standard InChI is InChI=1S/C14H16FIN4/c1-9-18-7-10(8-19-9)13-11(17-4)5-6-12(20-13)14(2,15)16-3/h5-8,17H,3H2,1-2,4H3. The van der Waals surface area contributed by atoms with Gasteiger partial charge in [-0.2, -0.15) is 0 Å². The summed E-state index contributed by atoms with van der Waals surface area (Å²) in [5.74, 6) is 0.690. The summed E-state index contributed by atoms with van der Waals surface area (Å²) in [5.41, 5.74) is 2.65. The minimum atomic E-state index is -1.44. The largest absolute Gasteiger partial charge is 0.386 e. The molecule has 6 heteroatoms. The minimum absolute atomic E-state index is 0.412. The predicted octanol–water partition coefficient (Wildman–Crippen LogP) is 3.43. The number of rotatable bonds is 4. The Morgan fingerprint density at radius 1 is 1.30 bits per heavy atom. The molecular weight excluding hydrogens is 370 g/mol. The molecule has 2 aromatic heterocycles. The van der Waals surface area contributed by atoms with E-state index in [9.17, 15) is 4.39 Å². The van der Waals surface area contributed by atoms with Gasteiger partial charge < -0.3 is 5.32 Å². The monoisotopic (exact) mass is 386 g/mol. The molecule has 2 heterocycles. The Morgan fingerprint density at radius 2 is 1.95 bits per heavy atom. The third-order valence-electron chi connectivity index (χ3n) is 2.92. The van der Waals surface area contributed by atoms with Crippen LogP contribution in [0.2, 0.25) is 0 Å². The molecule has 0 aliphatic heterocycles. The van der Waals surface area contributed by atoms with Gasteiger partial charge in [0.2, 0.25) is 0 Å².